The van der Waals surface area contributed by atoms with Gasteiger partial charge in [0.2, 0.25) is 0 Å². The van der Waals surface area contributed by atoms with Crippen LogP contribution in [0, 0.1) is 11.8 Å². The van der Waals surface area contributed by atoms with Gasteiger partial charge in [0, 0.05) is 29.4 Å². The molecule has 0 amide bonds. The lowest BCUT2D eigenvalue weighted by molar-refractivity contribution is 0.112. The van der Waals surface area contributed by atoms with Crippen molar-refractivity contribution in [3.05, 3.63) is 28.1 Å². The Bertz CT molecular complexity index is 2860. The van der Waals surface area contributed by atoms with Crippen molar-refractivity contribution in [2.24, 2.45) is 11.8 Å². The van der Waals surface area contributed by atoms with Gasteiger partial charge in [0.25, 0.3) is 0 Å². The fourth-order valence-corrected chi connectivity index (χ4v) is 19.7. The molecule has 7 rings (SSSR count). The average Bonchev–Trinajstić information content (AvgIpc) is 2.18. The van der Waals surface area contributed by atoms with Gasteiger partial charge in [-0.1, -0.05) is 296 Å². The van der Waals surface area contributed by atoms with E-state index in [1.807, 2.05) is 41.1 Å². The maximum absolute atomic E-state index is 13.2. The molecule has 0 saturated heterocycles. The van der Waals surface area contributed by atoms with Crippen molar-refractivity contribution in [2.75, 3.05) is 7.11 Å². The van der Waals surface area contributed by atoms with E-state index in [-0.39, 0.29) is 0 Å². The number of fused-ring (bicyclic) bond motifs is 11. The molecule has 0 saturated carbocycles. The van der Waals surface area contributed by atoms with Gasteiger partial charge in [-0.3, -0.25) is 4.79 Å². The first-order chi connectivity index (χ1) is 40.5. The first-order valence-electron chi connectivity index (χ1n) is 35.4. The minimum atomic E-state index is 0.624. The van der Waals surface area contributed by atoms with E-state index >= 15 is 0 Å². The molecule has 2 unspecified atom stereocenters. The SMILES string of the molecule is CCCCCCCCCCCc1c(C=O)sc2c1sc1c3ccc4c5sc6c(CCCCCCCCCCC)c(OC)sc6c5n(CC(CCCCCC)CCCCCCCC)c4c3n(CC(CCCCCC)CCCCCCCC)c21. The van der Waals surface area contributed by atoms with Gasteiger partial charge in [0.05, 0.1) is 62.3 Å². The van der Waals surface area contributed by atoms with Crippen molar-refractivity contribution < 1.29 is 9.53 Å². The summed E-state index contributed by atoms with van der Waals surface area (Å²) >= 11 is 7.94. The van der Waals surface area contributed by atoms with Gasteiger partial charge >= 0.3 is 0 Å². The molecule has 4 nitrogen and oxygen atoms in total. The van der Waals surface area contributed by atoms with Crippen LogP contribution in [-0.4, -0.2) is 22.5 Å². The van der Waals surface area contributed by atoms with Crippen molar-refractivity contribution in [3.63, 3.8) is 0 Å². The van der Waals surface area contributed by atoms with Crippen molar-refractivity contribution in [3.8, 4) is 5.06 Å². The molecule has 2 atom stereocenters. The highest BCUT2D eigenvalue weighted by atomic mass is 32.1. The van der Waals surface area contributed by atoms with E-state index in [9.17, 15) is 4.79 Å². The maximum atomic E-state index is 13.2. The zero-order valence-electron chi connectivity index (χ0n) is 53.8. The van der Waals surface area contributed by atoms with Crippen LogP contribution in [0.15, 0.2) is 12.1 Å². The molecule has 0 spiro atoms. The fraction of sp³-hybridized carbons (Fsp3) is 0.743. The monoisotopic (exact) mass is 1190 g/mol. The normalized spacial score (nSPS) is 13.1. The predicted molar refractivity (Wildman–Crippen MR) is 373 cm³/mol. The Balaban J connectivity index is 1.38. The largest absolute Gasteiger partial charge is 0.487 e. The number of hydrogen-bond acceptors (Lipinski definition) is 6. The summed E-state index contributed by atoms with van der Waals surface area (Å²) in [7, 11) is 1.94. The van der Waals surface area contributed by atoms with Crippen LogP contribution in [0.3, 0.4) is 0 Å². The van der Waals surface area contributed by atoms with Crippen molar-refractivity contribution in [1.82, 2.24) is 9.13 Å². The lowest BCUT2D eigenvalue weighted by Crippen LogP contribution is -2.14. The Morgan fingerprint density at radius 1 is 0.366 bits per heavy atom. The molecule has 0 radical (unpaired) electrons. The number of aryl methyl sites for hydroxylation is 2. The first kappa shape index (κ1) is 67.1. The number of ether oxygens (including phenoxy) is 1. The molecule has 6 heterocycles. The first-order valence-corrected chi connectivity index (χ1v) is 38.6. The molecule has 6 aromatic heterocycles. The summed E-state index contributed by atoms with van der Waals surface area (Å²) in [4.78, 5) is 14.2. The number of aromatic nitrogens is 2. The molecule has 0 bridgehead atoms. The molecule has 1 aromatic carbocycles. The number of carbonyl (C=O) groups excluding carboxylic acids is 1. The highest BCUT2D eigenvalue weighted by Crippen LogP contribution is 2.54. The van der Waals surface area contributed by atoms with E-state index in [2.05, 4.69) is 74.1 Å². The Labute approximate surface area is 517 Å². The minimum Gasteiger partial charge on any atom is -0.487 e. The molecular weight excluding hydrogens is 1080 g/mol. The third-order valence-corrected chi connectivity index (χ3v) is 24.2. The summed E-state index contributed by atoms with van der Waals surface area (Å²) < 4.78 is 21.1. The van der Waals surface area contributed by atoms with Gasteiger partial charge < -0.3 is 13.9 Å². The molecule has 0 aliphatic carbocycles. The van der Waals surface area contributed by atoms with Crippen molar-refractivity contribution >= 4 is 113 Å². The number of unbranched alkanes of at least 4 members (excludes halogenated alkanes) is 32. The molecular formula is C74H118N2O2S4. The number of nitrogens with zero attached hydrogens (tertiary/aromatic N) is 2. The Morgan fingerprint density at radius 3 is 1.05 bits per heavy atom. The molecule has 82 heavy (non-hydrogen) atoms. The van der Waals surface area contributed by atoms with E-state index in [0.717, 1.165) is 35.9 Å². The Morgan fingerprint density at radius 2 is 0.683 bits per heavy atom. The summed E-state index contributed by atoms with van der Waals surface area (Å²) in [5.74, 6) is 1.26. The van der Waals surface area contributed by atoms with Gasteiger partial charge in [-0.15, -0.1) is 34.0 Å². The molecule has 7 aromatic rings. The van der Waals surface area contributed by atoms with E-state index < -0.39 is 0 Å². The second-order valence-corrected chi connectivity index (χ2v) is 29.9. The second-order valence-electron chi connectivity index (χ2n) is 25.8. The predicted octanol–water partition coefficient (Wildman–Crippen LogP) is 27.1. The highest BCUT2D eigenvalue weighted by Gasteiger charge is 2.30. The van der Waals surface area contributed by atoms with Crippen LogP contribution in [0.5, 0.6) is 5.06 Å². The topological polar surface area (TPSA) is 36.2 Å². The number of rotatable bonds is 50. The quantitative estimate of drug-likeness (QED) is 0.0281. The number of benzene rings is 1. The molecule has 0 aliphatic rings. The molecule has 0 aliphatic heterocycles. The third-order valence-electron chi connectivity index (χ3n) is 19.0. The lowest BCUT2D eigenvalue weighted by atomic mass is 9.93. The Hall–Kier alpha value is -2.39. The second kappa shape index (κ2) is 38.0. The number of hydrogen-bond donors (Lipinski definition) is 0. The summed E-state index contributed by atoms with van der Waals surface area (Å²) in [6.07, 6.45) is 59.5. The summed E-state index contributed by atoms with van der Waals surface area (Å²) in [6, 6.07) is 5.15. The van der Waals surface area contributed by atoms with Gasteiger partial charge in [-0.25, -0.2) is 0 Å². The summed E-state index contributed by atoms with van der Waals surface area (Å²) in [6.45, 7) is 16.2. The fourth-order valence-electron chi connectivity index (χ4n) is 14.1. The van der Waals surface area contributed by atoms with Crippen LogP contribution in [0.1, 0.15) is 332 Å². The Kier molecular flexibility index (Phi) is 31.1. The summed E-state index contributed by atoms with van der Waals surface area (Å²) in [5.41, 5.74) is 8.75. The van der Waals surface area contributed by atoms with Crippen molar-refractivity contribution in [1.29, 1.82) is 0 Å². The van der Waals surface area contributed by atoms with E-state index in [1.165, 1.54) is 348 Å². The van der Waals surface area contributed by atoms with Crippen LogP contribution in [0.25, 0.3) is 61.0 Å². The van der Waals surface area contributed by atoms with E-state index in [0.29, 0.717) is 11.8 Å². The average molecular weight is 1200 g/mol. The number of thiophene rings is 4. The summed E-state index contributed by atoms with van der Waals surface area (Å²) in [5, 5.41) is 4.08. The molecule has 0 N–H and O–H groups in total. The van der Waals surface area contributed by atoms with Gasteiger partial charge in [0.1, 0.15) is 0 Å². The zero-order chi connectivity index (χ0) is 57.7. The van der Waals surface area contributed by atoms with Crippen LogP contribution in [0.2, 0.25) is 0 Å². The number of methoxy groups -OCH3 is 1. The molecule has 0 fully saturated rings. The van der Waals surface area contributed by atoms with Gasteiger partial charge in [0.15, 0.2) is 11.3 Å². The highest BCUT2D eigenvalue weighted by molar-refractivity contribution is 7.35. The van der Waals surface area contributed by atoms with Gasteiger partial charge in [-0.2, -0.15) is 0 Å². The van der Waals surface area contributed by atoms with E-state index in [4.69, 9.17) is 4.74 Å². The van der Waals surface area contributed by atoms with Crippen LogP contribution < -0.4 is 4.74 Å². The maximum Gasteiger partial charge on any atom is 0.178 e. The van der Waals surface area contributed by atoms with Crippen LogP contribution in [-0.2, 0) is 25.9 Å². The minimum absolute atomic E-state index is 0.624. The van der Waals surface area contributed by atoms with Crippen LogP contribution in [0.4, 0.5) is 0 Å². The smallest absolute Gasteiger partial charge is 0.178 e. The van der Waals surface area contributed by atoms with Crippen LogP contribution >= 0.6 is 45.3 Å². The lowest BCUT2D eigenvalue weighted by Gasteiger charge is -2.22. The zero-order valence-corrected chi connectivity index (χ0v) is 57.0. The number of aldehydes is 1. The number of carbonyl (C=O) groups is 1. The van der Waals surface area contributed by atoms with E-state index in [1.54, 1.807) is 0 Å². The third kappa shape index (κ3) is 18.6. The van der Waals surface area contributed by atoms with Gasteiger partial charge in [-0.05, 0) is 68.8 Å². The molecule has 460 valence electrons. The van der Waals surface area contributed by atoms with Crippen molar-refractivity contribution in [2.45, 2.75) is 337 Å². The molecule has 8 heteroatoms. The standard InChI is InChI=1S/C74H118N2O2S4/c1-8-14-20-26-30-32-34-38-44-50-59-63(56-77)79-72-66-68(80-70(59)72)60-52-53-61-65(64(60)75(66)54-57(46-40-24-18-12-5)48-42-36-28-22-16-10-3)76(55-58(47-41-25-19-13-6)49-43-37-29-23-17-11-4)67-69(61)81-71-62(74(78-7)82-73(67)71)51-45-39-35-33-31-27-21-15-9-2/h52-53,56-58H,8-51,54-55H2,1-7H3.